The van der Waals surface area contributed by atoms with Crippen molar-refractivity contribution in [2.75, 3.05) is 46.6 Å². The molecule has 27 heavy (non-hydrogen) atoms. The summed E-state index contributed by atoms with van der Waals surface area (Å²) in [6.45, 7) is 4.27. The first-order valence-electron chi connectivity index (χ1n) is 9.77. The van der Waals surface area contributed by atoms with Crippen LogP contribution in [0.1, 0.15) is 24.8 Å². The molecular weight excluding hydrogens is 344 g/mol. The minimum atomic E-state index is -0.0207. The molecule has 1 heterocycles. The van der Waals surface area contributed by atoms with Crippen LogP contribution >= 0.6 is 0 Å². The van der Waals surface area contributed by atoms with Crippen molar-refractivity contribution in [3.8, 4) is 11.5 Å². The smallest absolute Gasteiger partial charge is 0.260 e. The third-order valence-corrected chi connectivity index (χ3v) is 5.08. The fraction of sp³-hybridized carbons (Fsp3) is 0.571. The second kappa shape index (κ2) is 10.3. The lowest BCUT2D eigenvalue weighted by molar-refractivity contribution is -0.137. The van der Waals surface area contributed by atoms with Crippen molar-refractivity contribution in [2.24, 2.45) is 5.92 Å². The molecule has 0 saturated carbocycles. The summed E-state index contributed by atoms with van der Waals surface area (Å²) in [5, 5.41) is 3.53. The second-order valence-electron chi connectivity index (χ2n) is 7.05. The SMILES string of the molecule is COc1cc(CNCC2CC=CCC2)ccc1OCC(=O)N1CCOCC1. The summed E-state index contributed by atoms with van der Waals surface area (Å²) in [5.74, 6) is 1.96. The predicted octanol–water partition coefficient (Wildman–Crippen LogP) is 2.38. The number of hydrogen-bond donors (Lipinski definition) is 1. The van der Waals surface area contributed by atoms with Gasteiger partial charge in [-0.2, -0.15) is 0 Å². The van der Waals surface area contributed by atoms with Crippen molar-refractivity contribution < 1.29 is 19.0 Å². The van der Waals surface area contributed by atoms with Crippen LogP contribution in [0.3, 0.4) is 0 Å². The molecule has 1 saturated heterocycles. The van der Waals surface area contributed by atoms with Crippen LogP contribution in [0.5, 0.6) is 11.5 Å². The van der Waals surface area contributed by atoms with Gasteiger partial charge in [-0.05, 0) is 49.4 Å². The van der Waals surface area contributed by atoms with Gasteiger partial charge in [0.25, 0.3) is 5.91 Å². The highest BCUT2D eigenvalue weighted by atomic mass is 16.5. The molecule has 0 spiro atoms. The van der Waals surface area contributed by atoms with E-state index in [4.69, 9.17) is 14.2 Å². The van der Waals surface area contributed by atoms with Gasteiger partial charge in [0.2, 0.25) is 0 Å². The van der Waals surface area contributed by atoms with E-state index < -0.39 is 0 Å². The van der Waals surface area contributed by atoms with Gasteiger partial charge < -0.3 is 24.4 Å². The number of hydrogen-bond acceptors (Lipinski definition) is 5. The second-order valence-corrected chi connectivity index (χ2v) is 7.05. The van der Waals surface area contributed by atoms with E-state index in [1.54, 1.807) is 12.0 Å². The van der Waals surface area contributed by atoms with E-state index in [1.807, 2.05) is 18.2 Å². The lowest BCUT2D eigenvalue weighted by atomic mass is 9.94. The van der Waals surface area contributed by atoms with Crippen LogP contribution in [-0.2, 0) is 16.1 Å². The van der Waals surface area contributed by atoms with E-state index in [-0.39, 0.29) is 12.5 Å². The number of rotatable bonds is 8. The van der Waals surface area contributed by atoms with Gasteiger partial charge in [0.15, 0.2) is 18.1 Å². The van der Waals surface area contributed by atoms with Crippen LogP contribution in [-0.4, -0.2) is 57.4 Å². The van der Waals surface area contributed by atoms with Gasteiger partial charge in [-0.25, -0.2) is 0 Å². The van der Waals surface area contributed by atoms with E-state index in [0.717, 1.165) is 24.6 Å². The van der Waals surface area contributed by atoms with E-state index in [2.05, 4.69) is 17.5 Å². The Kier molecular flexibility index (Phi) is 7.54. The Morgan fingerprint density at radius 1 is 1.26 bits per heavy atom. The predicted molar refractivity (Wildman–Crippen MR) is 104 cm³/mol. The zero-order valence-electron chi connectivity index (χ0n) is 16.1. The lowest BCUT2D eigenvalue weighted by Gasteiger charge is -2.26. The Hall–Kier alpha value is -2.05. The third-order valence-electron chi connectivity index (χ3n) is 5.08. The van der Waals surface area contributed by atoms with Gasteiger partial charge in [-0.1, -0.05) is 18.2 Å². The fourth-order valence-electron chi connectivity index (χ4n) is 3.45. The highest BCUT2D eigenvalue weighted by Crippen LogP contribution is 2.28. The summed E-state index contributed by atoms with van der Waals surface area (Å²) >= 11 is 0. The Bertz CT molecular complexity index is 641. The molecular formula is C21H30N2O4. The summed E-state index contributed by atoms with van der Waals surface area (Å²) in [5.41, 5.74) is 1.14. The molecule has 2 aliphatic rings. The Balaban J connectivity index is 1.47. The van der Waals surface area contributed by atoms with Gasteiger partial charge in [0.1, 0.15) is 0 Å². The number of allylic oxidation sites excluding steroid dienone is 2. The summed E-state index contributed by atoms with van der Waals surface area (Å²) < 4.78 is 16.4. The number of carbonyl (C=O) groups excluding carboxylic acids is 1. The first-order valence-corrected chi connectivity index (χ1v) is 9.77. The Morgan fingerprint density at radius 2 is 2.11 bits per heavy atom. The molecule has 1 atom stereocenters. The molecule has 1 aromatic carbocycles. The van der Waals surface area contributed by atoms with E-state index in [1.165, 1.54) is 19.3 Å². The average molecular weight is 374 g/mol. The molecule has 6 heteroatoms. The molecule has 0 bridgehead atoms. The maximum atomic E-state index is 12.2. The van der Waals surface area contributed by atoms with Crippen molar-refractivity contribution in [1.82, 2.24) is 10.2 Å². The molecule has 0 aromatic heterocycles. The molecule has 1 aliphatic carbocycles. The number of nitrogens with one attached hydrogen (secondary N) is 1. The molecule has 1 unspecified atom stereocenters. The molecule has 148 valence electrons. The minimum Gasteiger partial charge on any atom is -0.493 e. The zero-order chi connectivity index (χ0) is 18.9. The van der Waals surface area contributed by atoms with Gasteiger partial charge in [-0.15, -0.1) is 0 Å². The molecule has 1 aromatic rings. The normalized spacial score (nSPS) is 19.7. The number of benzene rings is 1. The van der Waals surface area contributed by atoms with Gasteiger partial charge in [0.05, 0.1) is 20.3 Å². The first kappa shape index (κ1) is 19.7. The van der Waals surface area contributed by atoms with Crippen LogP contribution in [0.2, 0.25) is 0 Å². The average Bonchev–Trinajstić information content (AvgIpc) is 2.73. The fourth-order valence-corrected chi connectivity index (χ4v) is 3.45. The standard InChI is InChI=1S/C21H30N2O4/c1-25-20-13-18(15-22-14-17-5-3-2-4-6-17)7-8-19(20)27-16-21(24)23-9-11-26-12-10-23/h2-3,7-8,13,17,22H,4-6,9-12,14-16H2,1H3. The van der Waals surface area contributed by atoms with E-state index in [9.17, 15) is 4.79 Å². The van der Waals surface area contributed by atoms with Crippen LogP contribution in [0.25, 0.3) is 0 Å². The summed E-state index contributed by atoms with van der Waals surface area (Å²) in [4.78, 5) is 14.0. The van der Waals surface area contributed by atoms with Gasteiger partial charge >= 0.3 is 0 Å². The number of methoxy groups -OCH3 is 1. The molecule has 3 rings (SSSR count). The lowest BCUT2D eigenvalue weighted by Crippen LogP contribution is -2.43. The van der Waals surface area contributed by atoms with Crippen LogP contribution in [0.15, 0.2) is 30.4 Å². The Morgan fingerprint density at radius 3 is 2.85 bits per heavy atom. The van der Waals surface area contributed by atoms with E-state index in [0.29, 0.717) is 37.8 Å². The van der Waals surface area contributed by atoms with Crippen LogP contribution in [0, 0.1) is 5.92 Å². The van der Waals surface area contributed by atoms with Gasteiger partial charge in [-0.3, -0.25) is 4.79 Å². The number of carbonyl (C=O) groups is 1. The van der Waals surface area contributed by atoms with Crippen LogP contribution in [0.4, 0.5) is 0 Å². The van der Waals surface area contributed by atoms with Crippen molar-refractivity contribution >= 4 is 5.91 Å². The maximum Gasteiger partial charge on any atom is 0.260 e. The molecule has 1 aliphatic heterocycles. The minimum absolute atomic E-state index is 0.0170. The van der Waals surface area contributed by atoms with Crippen molar-refractivity contribution in [2.45, 2.75) is 25.8 Å². The highest BCUT2D eigenvalue weighted by molar-refractivity contribution is 5.78. The van der Waals surface area contributed by atoms with E-state index >= 15 is 0 Å². The third kappa shape index (κ3) is 5.97. The quantitative estimate of drug-likeness (QED) is 0.708. The monoisotopic (exact) mass is 374 g/mol. The molecule has 1 N–H and O–H groups in total. The summed E-state index contributed by atoms with van der Waals surface area (Å²) in [7, 11) is 1.62. The topological polar surface area (TPSA) is 60.0 Å². The van der Waals surface area contributed by atoms with Crippen molar-refractivity contribution in [3.05, 3.63) is 35.9 Å². The zero-order valence-corrected chi connectivity index (χ0v) is 16.1. The summed E-state index contributed by atoms with van der Waals surface area (Å²) in [6.07, 6.45) is 8.17. The number of amides is 1. The molecule has 6 nitrogen and oxygen atoms in total. The van der Waals surface area contributed by atoms with Gasteiger partial charge in [0, 0.05) is 19.6 Å². The summed E-state index contributed by atoms with van der Waals surface area (Å²) in [6, 6.07) is 5.87. The molecule has 0 radical (unpaired) electrons. The largest absolute Gasteiger partial charge is 0.493 e. The Labute approximate surface area is 161 Å². The number of ether oxygens (including phenoxy) is 3. The number of nitrogens with zero attached hydrogens (tertiary/aromatic N) is 1. The number of morpholine rings is 1. The molecule has 1 fully saturated rings. The first-order chi connectivity index (χ1) is 13.3. The van der Waals surface area contributed by atoms with Crippen LogP contribution < -0.4 is 14.8 Å². The van der Waals surface area contributed by atoms with Crippen molar-refractivity contribution in [3.63, 3.8) is 0 Å². The molecule has 1 amide bonds. The van der Waals surface area contributed by atoms with Crippen molar-refractivity contribution in [1.29, 1.82) is 0 Å². The maximum absolute atomic E-state index is 12.2. The highest BCUT2D eigenvalue weighted by Gasteiger charge is 2.18.